The van der Waals surface area contributed by atoms with Crippen molar-refractivity contribution in [2.75, 3.05) is 20.2 Å². The van der Waals surface area contributed by atoms with Gasteiger partial charge < -0.3 is 9.30 Å². The van der Waals surface area contributed by atoms with Gasteiger partial charge in [0.05, 0.1) is 28.1 Å². The molecule has 1 amide bonds. The number of benzene rings is 2. The lowest BCUT2D eigenvalue weighted by Gasteiger charge is -2.30. The van der Waals surface area contributed by atoms with Crippen molar-refractivity contribution in [3.63, 3.8) is 0 Å². The number of fused-ring (bicyclic) bond motifs is 1. The smallest absolute Gasteiger partial charge is 0.325 e. The van der Waals surface area contributed by atoms with Gasteiger partial charge >= 0.3 is 5.97 Å². The van der Waals surface area contributed by atoms with Crippen LogP contribution in [0.4, 0.5) is 0 Å². The van der Waals surface area contributed by atoms with E-state index in [2.05, 4.69) is 4.99 Å². The van der Waals surface area contributed by atoms with E-state index in [-0.39, 0.29) is 18.0 Å². The molecule has 0 N–H and O–H groups in total. The number of rotatable bonds is 5. The summed E-state index contributed by atoms with van der Waals surface area (Å²) in [5.41, 5.74) is 0.773. The molecule has 174 valence electrons. The summed E-state index contributed by atoms with van der Waals surface area (Å²) in [4.78, 5) is 29.8. The first-order valence-corrected chi connectivity index (χ1v) is 12.9. The van der Waals surface area contributed by atoms with Gasteiger partial charge in [0, 0.05) is 18.1 Å². The molecule has 0 spiro atoms. The highest BCUT2D eigenvalue weighted by Crippen LogP contribution is 2.25. The van der Waals surface area contributed by atoms with E-state index < -0.39 is 27.8 Å². The zero-order valence-corrected chi connectivity index (χ0v) is 20.2. The second-order valence-corrected chi connectivity index (χ2v) is 11.0. The monoisotopic (exact) mass is 507 g/mol. The number of hydrogen-bond acceptors (Lipinski definition) is 6. The van der Waals surface area contributed by atoms with E-state index in [9.17, 15) is 18.0 Å². The van der Waals surface area contributed by atoms with Crippen molar-refractivity contribution in [1.82, 2.24) is 8.87 Å². The third-order valence-electron chi connectivity index (χ3n) is 5.49. The van der Waals surface area contributed by atoms with Crippen molar-refractivity contribution in [2.24, 2.45) is 10.9 Å². The largest absolute Gasteiger partial charge is 0.468 e. The van der Waals surface area contributed by atoms with Gasteiger partial charge in [0.2, 0.25) is 10.0 Å². The molecule has 1 saturated heterocycles. The Morgan fingerprint density at radius 1 is 1.18 bits per heavy atom. The highest BCUT2D eigenvalue weighted by atomic mass is 35.5. The number of methoxy groups -OCH3 is 1. The van der Waals surface area contributed by atoms with Crippen LogP contribution in [-0.2, 0) is 30.9 Å². The topological polar surface area (TPSA) is 98.0 Å². The summed E-state index contributed by atoms with van der Waals surface area (Å²) in [7, 11) is -2.45. The minimum absolute atomic E-state index is 0.0508. The Labute approximate surface area is 200 Å². The van der Waals surface area contributed by atoms with Crippen LogP contribution < -0.4 is 4.80 Å². The standard InChI is InChI=1S/C22H22ClN3O5S2/c1-31-20(27)14-26-18-6-2-3-7-19(18)32-22(26)24-21(28)15-5-4-12-25(13-15)33(29,30)17-10-8-16(23)9-11-17/h2-3,6-11,15H,4-5,12-14H2,1H3. The Morgan fingerprint density at radius 2 is 1.91 bits per heavy atom. The third kappa shape index (κ3) is 5.03. The number of piperidine rings is 1. The van der Waals surface area contributed by atoms with E-state index in [1.807, 2.05) is 24.3 Å². The van der Waals surface area contributed by atoms with Gasteiger partial charge in [-0.3, -0.25) is 9.59 Å². The fraction of sp³-hybridized carbons (Fsp3) is 0.318. The van der Waals surface area contributed by atoms with Gasteiger partial charge in [-0.1, -0.05) is 35.1 Å². The Kier molecular flexibility index (Phi) is 6.99. The van der Waals surface area contributed by atoms with Gasteiger partial charge in [-0.15, -0.1) is 0 Å². The normalized spacial score (nSPS) is 17.9. The molecule has 33 heavy (non-hydrogen) atoms. The second kappa shape index (κ2) is 9.76. The van der Waals surface area contributed by atoms with Crippen LogP contribution in [0.2, 0.25) is 5.02 Å². The Hall–Kier alpha value is -2.53. The number of esters is 1. The molecule has 1 aliphatic heterocycles. The number of amides is 1. The fourth-order valence-corrected chi connectivity index (χ4v) is 6.44. The maximum Gasteiger partial charge on any atom is 0.325 e. The summed E-state index contributed by atoms with van der Waals surface area (Å²) in [6.45, 7) is 0.309. The molecule has 0 aliphatic carbocycles. The molecule has 1 unspecified atom stereocenters. The molecule has 2 aromatic carbocycles. The summed E-state index contributed by atoms with van der Waals surface area (Å²) in [6, 6.07) is 13.4. The number of halogens is 1. The number of hydrogen-bond donors (Lipinski definition) is 0. The lowest BCUT2D eigenvalue weighted by Crippen LogP contribution is -2.42. The molecular formula is C22H22ClN3O5S2. The Bertz CT molecular complexity index is 1360. The van der Waals surface area contributed by atoms with Crippen LogP contribution in [0.25, 0.3) is 10.2 Å². The summed E-state index contributed by atoms with van der Waals surface area (Å²) in [5, 5.41) is 0.447. The molecule has 3 aromatic rings. The molecule has 1 fully saturated rings. The van der Waals surface area contributed by atoms with Crippen molar-refractivity contribution in [1.29, 1.82) is 0 Å². The van der Waals surface area contributed by atoms with E-state index in [0.717, 1.165) is 10.2 Å². The van der Waals surface area contributed by atoms with E-state index in [0.29, 0.717) is 29.2 Å². The molecule has 0 bridgehead atoms. The number of carbonyl (C=O) groups is 2. The summed E-state index contributed by atoms with van der Waals surface area (Å²) >= 11 is 7.17. The highest BCUT2D eigenvalue weighted by molar-refractivity contribution is 7.89. The zero-order chi connectivity index (χ0) is 23.6. The van der Waals surface area contributed by atoms with Crippen molar-refractivity contribution in [3.8, 4) is 0 Å². The van der Waals surface area contributed by atoms with Crippen LogP contribution in [-0.4, -0.2) is 49.4 Å². The van der Waals surface area contributed by atoms with Crippen molar-refractivity contribution in [3.05, 3.63) is 58.4 Å². The molecule has 8 nitrogen and oxygen atoms in total. The lowest BCUT2D eigenvalue weighted by molar-refractivity contribution is -0.141. The lowest BCUT2D eigenvalue weighted by atomic mass is 9.99. The van der Waals surface area contributed by atoms with Crippen LogP contribution in [0.3, 0.4) is 0 Å². The van der Waals surface area contributed by atoms with E-state index in [1.165, 1.54) is 47.0 Å². The van der Waals surface area contributed by atoms with Crippen LogP contribution in [0.1, 0.15) is 12.8 Å². The third-order valence-corrected chi connectivity index (χ3v) is 8.68. The second-order valence-electron chi connectivity index (χ2n) is 7.62. The molecular weight excluding hydrogens is 486 g/mol. The highest BCUT2D eigenvalue weighted by Gasteiger charge is 2.33. The molecule has 1 aliphatic rings. The van der Waals surface area contributed by atoms with E-state index in [4.69, 9.17) is 16.3 Å². The number of para-hydroxylation sites is 1. The SMILES string of the molecule is COC(=O)Cn1c(=NC(=O)C2CCCN(S(=O)(=O)c3ccc(Cl)cc3)C2)sc2ccccc21. The number of carbonyl (C=O) groups excluding carboxylic acids is 2. The average molecular weight is 508 g/mol. The minimum Gasteiger partial charge on any atom is -0.468 e. The van der Waals surface area contributed by atoms with Crippen molar-refractivity contribution < 1.29 is 22.7 Å². The van der Waals surface area contributed by atoms with Gasteiger partial charge in [-0.25, -0.2) is 8.42 Å². The van der Waals surface area contributed by atoms with Gasteiger partial charge in [0.25, 0.3) is 5.91 Å². The van der Waals surface area contributed by atoms with Crippen LogP contribution in [0.5, 0.6) is 0 Å². The molecule has 0 saturated carbocycles. The summed E-state index contributed by atoms with van der Waals surface area (Å²) in [5.74, 6) is -1.43. The number of nitrogens with zero attached hydrogens (tertiary/aromatic N) is 3. The molecule has 1 atom stereocenters. The quantitative estimate of drug-likeness (QED) is 0.494. The van der Waals surface area contributed by atoms with Gasteiger partial charge in [-0.05, 0) is 49.2 Å². The van der Waals surface area contributed by atoms with E-state index >= 15 is 0 Å². The molecule has 0 radical (unpaired) electrons. The number of sulfonamides is 1. The number of thiazole rings is 1. The van der Waals surface area contributed by atoms with Gasteiger partial charge in [0.15, 0.2) is 4.80 Å². The molecule has 2 heterocycles. The van der Waals surface area contributed by atoms with Crippen LogP contribution in [0, 0.1) is 5.92 Å². The molecule has 4 rings (SSSR count). The fourth-order valence-electron chi connectivity index (χ4n) is 3.76. The maximum absolute atomic E-state index is 13.1. The minimum atomic E-state index is -3.75. The van der Waals surface area contributed by atoms with Gasteiger partial charge in [0.1, 0.15) is 6.54 Å². The van der Waals surface area contributed by atoms with Crippen LogP contribution in [0.15, 0.2) is 58.4 Å². The maximum atomic E-state index is 13.1. The predicted octanol–water partition coefficient (Wildman–Crippen LogP) is 3.06. The first-order chi connectivity index (χ1) is 15.8. The molecule has 11 heteroatoms. The van der Waals surface area contributed by atoms with E-state index in [1.54, 1.807) is 4.57 Å². The summed E-state index contributed by atoms with van der Waals surface area (Å²) < 4.78 is 34.7. The average Bonchev–Trinajstić information content (AvgIpc) is 3.16. The number of aromatic nitrogens is 1. The number of ether oxygens (including phenoxy) is 1. The van der Waals surface area contributed by atoms with Crippen molar-refractivity contribution in [2.45, 2.75) is 24.3 Å². The Morgan fingerprint density at radius 3 is 2.64 bits per heavy atom. The first kappa shape index (κ1) is 23.6. The molecule has 1 aromatic heterocycles. The predicted molar refractivity (Wildman–Crippen MR) is 125 cm³/mol. The summed E-state index contributed by atoms with van der Waals surface area (Å²) in [6.07, 6.45) is 1.09. The Balaban J connectivity index is 1.62. The van der Waals surface area contributed by atoms with Gasteiger partial charge in [-0.2, -0.15) is 9.30 Å². The first-order valence-electron chi connectivity index (χ1n) is 10.3. The zero-order valence-electron chi connectivity index (χ0n) is 17.8. The van der Waals surface area contributed by atoms with Crippen molar-refractivity contribution >= 4 is 55.1 Å². The van der Waals surface area contributed by atoms with Crippen LogP contribution >= 0.6 is 22.9 Å².